The Balaban J connectivity index is 2.22. The van der Waals surface area contributed by atoms with Crippen LogP contribution in [-0.4, -0.2) is 23.5 Å². The van der Waals surface area contributed by atoms with Crippen LogP contribution in [0.25, 0.3) is 11.1 Å². The molecule has 0 atom stereocenters. The highest BCUT2D eigenvalue weighted by Gasteiger charge is 2.09. The zero-order valence-corrected chi connectivity index (χ0v) is 11.1. The standard InChI is InChI=1S/C16H15NO3/c1-11-9-13(16(20)17-10-15(18)19)7-8-14(11)12-5-3-2-4-6-12/h2-9H,10H2,1H3,(H,17,20)(H,18,19). The summed E-state index contributed by atoms with van der Waals surface area (Å²) >= 11 is 0. The van der Waals surface area contributed by atoms with Gasteiger partial charge in [-0.05, 0) is 35.7 Å². The zero-order valence-electron chi connectivity index (χ0n) is 11.1. The maximum atomic E-state index is 11.8. The largest absolute Gasteiger partial charge is 0.480 e. The zero-order chi connectivity index (χ0) is 14.5. The van der Waals surface area contributed by atoms with Crippen molar-refractivity contribution in [3.63, 3.8) is 0 Å². The first-order valence-corrected chi connectivity index (χ1v) is 6.24. The van der Waals surface area contributed by atoms with Gasteiger partial charge >= 0.3 is 5.97 Å². The SMILES string of the molecule is Cc1cc(C(=O)NCC(=O)O)ccc1-c1ccccc1. The highest BCUT2D eigenvalue weighted by molar-refractivity contribution is 5.96. The number of rotatable bonds is 4. The van der Waals surface area contributed by atoms with Crippen molar-refractivity contribution in [1.29, 1.82) is 0 Å². The summed E-state index contributed by atoms with van der Waals surface area (Å²) in [5, 5.41) is 10.9. The molecule has 0 aliphatic rings. The molecule has 0 aliphatic heterocycles. The summed E-state index contributed by atoms with van der Waals surface area (Å²) in [4.78, 5) is 22.2. The number of carbonyl (C=O) groups is 2. The fourth-order valence-corrected chi connectivity index (χ4v) is 2.00. The second-order valence-corrected chi connectivity index (χ2v) is 4.47. The number of aryl methyl sites for hydroxylation is 1. The first kappa shape index (κ1) is 13.8. The van der Waals surface area contributed by atoms with Gasteiger partial charge in [0.05, 0.1) is 0 Å². The Morgan fingerprint density at radius 1 is 1.10 bits per heavy atom. The van der Waals surface area contributed by atoms with E-state index in [-0.39, 0.29) is 12.5 Å². The van der Waals surface area contributed by atoms with Crippen LogP contribution in [0.3, 0.4) is 0 Å². The number of amides is 1. The Morgan fingerprint density at radius 2 is 1.80 bits per heavy atom. The molecule has 4 nitrogen and oxygen atoms in total. The average Bonchev–Trinajstić information content (AvgIpc) is 2.45. The minimum atomic E-state index is -1.06. The van der Waals surface area contributed by atoms with Crippen LogP contribution in [0.2, 0.25) is 0 Å². The quantitative estimate of drug-likeness (QED) is 0.896. The highest BCUT2D eigenvalue weighted by Crippen LogP contribution is 2.23. The lowest BCUT2D eigenvalue weighted by atomic mass is 9.98. The fourth-order valence-electron chi connectivity index (χ4n) is 2.00. The third-order valence-corrected chi connectivity index (χ3v) is 2.97. The smallest absolute Gasteiger partial charge is 0.322 e. The number of hydrogen-bond donors (Lipinski definition) is 2. The van der Waals surface area contributed by atoms with Crippen molar-refractivity contribution in [3.05, 3.63) is 59.7 Å². The van der Waals surface area contributed by atoms with E-state index in [0.29, 0.717) is 5.56 Å². The Morgan fingerprint density at radius 3 is 2.40 bits per heavy atom. The van der Waals surface area contributed by atoms with Crippen molar-refractivity contribution < 1.29 is 14.7 Å². The summed E-state index contributed by atoms with van der Waals surface area (Å²) in [6.45, 7) is 1.55. The molecule has 1 amide bonds. The predicted molar refractivity (Wildman–Crippen MR) is 76.6 cm³/mol. The number of nitrogens with one attached hydrogen (secondary N) is 1. The summed E-state index contributed by atoms with van der Waals surface area (Å²) in [5.41, 5.74) is 3.57. The van der Waals surface area contributed by atoms with Crippen LogP contribution >= 0.6 is 0 Å². The van der Waals surface area contributed by atoms with Crippen molar-refractivity contribution in [2.24, 2.45) is 0 Å². The van der Waals surface area contributed by atoms with Crippen molar-refractivity contribution >= 4 is 11.9 Å². The average molecular weight is 269 g/mol. The topological polar surface area (TPSA) is 66.4 Å². The third-order valence-electron chi connectivity index (χ3n) is 2.97. The minimum Gasteiger partial charge on any atom is -0.480 e. The van der Waals surface area contributed by atoms with Gasteiger partial charge in [0, 0.05) is 5.56 Å². The number of hydrogen-bond acceptors (Lipinski definition) is 2. The van der Waals surface area contributed by atoms with Crippen LogP contribution in [-0.2, 0) is 4.79 Å². The monoisotopic (exact) mass is 269 g/mol. The van der Waals surface area contributed by atoms with Crippen LogP contribution in [0.1, 0.15) is 15.9 Å². The molecule has 2 rings (SSSR count). The molecule has 102 valence electrons. The number of aliphatic carboxylic acids is 1. The lowest BCUT2D eigenvalue weighted by Gasteiger charge is -2.09. The molecule has 20 heavy (non-hydrogen) atoms. The van der Waals surface area contributed by atoms with Crippen LogP contribution in [0.15, 0.2) is 48.5 Å². The maximum absolute atomic E-state index is 11.8. The van der Waals surface area contributed by atoms with Crippen molar-refractivity contribution in [2.75, 3.05) is 6.54 Å². The van der Waals surface area contributed by atoms with Gasteiger partial charge in [0.25, 0.3) is 5.91 Å². The summed E-state index contributed by atoms with van der Waals surface area (Å²) in [7, 11) is 0. The molecule has 0 unspecified atom stereocenters. The molecule has 0 radical (unpaired) electrons. The molecule has 2 N–H and O–H groups in total. The van der Waals surface area contributed by atoms with Gasteiger partial charge in [0.1, 0.15) is 6.54 Å². The summed E-state index contributed by atoms with van der Waals surface area (Å²) < 4.78 is 0. The Kier molecular flexibility index (Phi) is 4.15. The summed E-state index contributed by atoms with van der Waals surface area (Å²) in [6.07, 6.45) is 0. The van der Waals surface area contributed by atoms with E-state index in [2.05, 4.69) is 5.32 Å². The van der Waals surface area contributed by atoms with Gasteiger partial charge in [-0.3, -0.25) is 9.59 Å². The summed E-state index contributed by atoms with van der Waals surface area (Å²) in [6, 6.07) is 15.2. The van der Waals surface area contributed by atoms with Gasteiger partial charge in [-0.2, -0.15) is 0 Å². The van der Waals surface area contributed by atoms with Gasteiger partial charge in [0.15, 0.2) is 0 Å². The van der Waals surface area contributed by atoms with E-state index in [9.17, 15) is 9.59 Å². The normalized spacial score (nSPS) is 10.1. The van der Waals surface area contributed by atoms with Gasteiger partial charge in [-0.1, -0.05) is 36.4 Å². The van der Waals surface area contributed by atoms with Crippen LogP contribution in [0.4, 0.5) is 0 Å². The third kappa shape index (κ3) is 3.23. The fraction of sp³-hybridized carbons (Fsp3) is 0.125. The molecule has 0 aromatic heterocycles. The Labute approximate surface area is 117 Å². The van der Waals surface area contributed by atoms with E-state index >= 15 is 0 Å². The molecule has 0 saturated heterocycles. The molecule has 2 aromatic rings. The van der Waals surface area contributed by atoms with E-state index in [4.69, 9.17) is 5.11 Å². The van der Waals surface area contributed by atoms with E-state index in [1.807, 2.05) is 43.3 Å². The maximum Gasteiger partial charge on any atom is 0.322 e. The summed E-state index contributed by atoms with van der Waals surface area (Å²) in [5.74, 6) is -1.44. The second kappa shape index (κ2) is 6.02. The first-order chi connectivity index (χ1) is 9.58. The van der Waals surface area contributed by atoms with Crippen LogP contribution < -0.4 is 5.32 Å². The molecule has 0 saturated carbocycles. The molecule has 0 spiro atoms. The van der Waals surface area contributed by atoms with E-state index in [1.165, 1.54) is 0 Å². The molecule has 0 aliphatic carbocycles. The molecule has 2 aromatic carbocycles. The molecular formula is C16H15NO3. The van der Waals surface area contributed by atoms with E-state index < -0.39 is 5.97 Å². The van der Waals surface area contributed by atoms with Crippen molar-refractivity contribution in [3.8, 4) is 11.1 Å². The molecule has 4 heteroatoms. The van der Waals surface area contributed by atoms with Gasteiger partial charge in [-0.25, -0.2) is 0 Å². The second-order valence-electron chi connectivity index (χ2n) is 4.47. The number of carboxylic acid groups (broad SMARTS) is 1. The molecular weight excluding hydrogens is 254 g/mol. The van der Waals surface area contributed by atoms with E-state index in [1.54, 1.807) is 12.1 Å². The van der Waals surface area contributed by atoms with Crippen molar-refractivity contribution in [2.45, 2.75) is 6.92 Å². The lowest BCUT2D eigenvalue weighted by molar-refractivity contribution is -0.135. The number of carbonyl (C=O) groups excluding carboxylic acids is 1. The number of benzene rings is 2. The Bertz CT molecular complexity index is 635. The lowest BCUT2D eigenvalue weighted by Crippen LogP contribution is -2.29. The van der Waals surface area contributed by atoms with Gasteiger partial charge < -0.3 is 10.4 Å². The van der Waals surface area contributed by atoms with Crippen LogP contribution in [0.5, 0.6) is 0 Å². The van der Waals surface area contributed by atoms with Gasteiger partial charge in [0.2, 0.25) is 0 Å². The van der Waals surface area contributed by atoms with Crippen molar-refractivity contribution in [1.82, 2.24) is 5.32 Å². The number of carboxylic acids is 1. The Hall–Kier alpha value is -2.62. The minimum absolute atomic E-state index is 0.377. The molecule has 0 fully saturated rings. The van der Waals surface area contributed by atoms with Gasteiger partial charge in [-0.15, -0.1) is 0 Å². The predicted octanol–water partition coefficient (Wildman–Crippen LogP) is 2.48. The first-order valence-electron chi connectivity index (χ1n) is 6.24. The van der Waals surface area contributed by atoms with Crippen LogP contribution in [0, 0.1) is 6.92 Å². The highest BCUT2D eigenvalue weighted by atomic mass is 16.4. The molecule has 0 bridgehead atoms. The molecule has 0 heterocycles. The van der Waals surface area contributed by atoms with E-state index in [0.717, 1.165) is 16.7 Å².